The highest BCUT2D eigenvalue weighted by Crippen LogP contribution is 2.50. The lowest BCUT2D eigenvalue weighted by molar-refractivity contribution is -0.118. The van der Waals surface area contributed by atoms with Gasteiger partial charge in [-0.1, -0.05) is 55.4 Å². The molecule has 0 amide bonds. The molecule has 198 valence electrons. The maximum Gasteiger partial charge on any atom is 0.257 e. The van der Waals surface area contributed by atoms with Crippen molar-refractivity contribution in [3.63, 3.8) is 0 Å². The summed E-state index contributed by atoms with van der Waals surface area (Å²) in [5.74, 6) is 0.615. The van der Waals surface area contributed by atoms with E-state index in [9.17, 15) is 14.0 Å². The number of carbonyl (C=O) groups excluding carboxylic acids is 1. The van der Waals surface area contributed by atoms with Crippen LogP contribution in [0, 0.1) is 11.2 Å². The third kappa shape index (κ3) is 4.80. The first-order valence-corrected chi connectivity index (χ1v) is 13.4. The number of aromatic amines is 1. The third-order valence-electron chi connectivity index (χ3n) is 6.82. The second-order valence-corrected chi connectivity index (χ2v) is 11.5. The van der Waals surface area contributed by atoms with Crippen LogP contribution in [0.25, 0.3) is 0 Å². The summed E-state index contributed by atoms with van der Waals surface area (Å²) in [5.41, 5.74) is 2.40. The van der Waals surface area contributed by atoms with E-state index >= 15 is 0 Å². The van der Waals surface area contributed by atoms with Crippen molar-refractivity contribution >= 4 is 35.0 Å². The van der Waals surface area contributed by atoms with E-state index in [4.69, 9.17) is 26.1 Å². The van der Waals surface area contributed by atoms with E-state index in [1.165, 1.54) is 31.0 Å². The Hall–Kier alpha value is -3.30. The number of ether oxygens (including phenoxy) is 2. The molecule has 1 aliphatic carbocycles. The zero-order valence-electron chi connectivity index (χ0n) is 21.4. The Morgan fingerprint density at radius 1 is 1.16 bits per heavy atom. The molecule has 2 aromatic carbocycles. The standard InChI is InChI=1S/C28H27ClFN3O4S/c1-28(2)11-18-22(19(34)12-28)21(16-6-5-7-20(36-3)24(16)37-4)23-25(31-18)32-27(33-26(23)35)38-13-14-8-9-15(30)10-17(14)29/h5-10,21H,11-13H2,1-4H3,(H2,31,32,33,35)/t21-/m1/s1. The van der Waals surface area contributed by atoms with Gasteiger partial charge < -0.3 is 19.8 Å². The Labute approximate surface area is 228 Å². The molecule has 0 unspecified atom stereocenters. The number of hydrogen-bond acceptors (Lipinski definition) is 7. The Kier molecular flexibility index (Phi) is 7.00. The van der Waals surface area contributed by atoms with Crippen molar-refractivity contribution in [3.8, 4) is 11.5 Å². The fraction of sp³-hybridized carbons (Fsp3) is 0.321. The lowest BCUT2D eigenvalue weighted by Gasteiger charge is -2.38. The first-order chi connectivity index (χ1) is 18.1. The number of methoxy groups -OCH3 is 2. The van der Waals surface area contributed by atoms with Gasteiger partial charge in [-0.3, -0.25) is 9.59 Å². The number of H-pyrrole nitrogens is 1. The number of aromatic nitrogens is 2. The molecule has 2 aliphatic rings. The maximum atomic E-state index is 13.6. The van der Waals surface area contributed by atoms with Crippen LogP contribution in [0.2, 0.25) is 5.02 Å². The fourth-order valence-electron chi connectivity index (χ4n) is 5.20. The highest BCUT2D eigenvalue weighted by molar-refractivity contribution is 7.98. The predicted octanol–water partition coefficient (Wildman–Crippen LogP) is 6.07. The molecule has 2 heterocycles. The minimum absolute atomic E-state index is 0.0203. The van der Waals surface area contributed by atoms with E-state index in [1.807, 2.05) is 26.0 Å². The summed E-state index contributed by atoms with van der Waals surface area (Å²) in [5, 5.41) is 4.00. The second kappa shape index (κ2) is 10.1. The molecule has 5 rings (SSSR count). The molecule has 2 N–H and O–H groups in total. The first kappa shape index (κ1) is 26.3. The molecule has 0 saturated heterocycles. The van der Waals surface area contributed by atoms with Crippen molar-refractivity contribution in [2.45, 2.75) is 43.5 Å². The number of ketones is 1. The number of benzene rings is 2. The topological polar surface area (TPSA) is 93.3 Å². The Morgan fingerprint density at radius 3 is 2.66 bits per heavy atom. The first-order valence-electron chi connectivity index (χ1n) is 12.1. The number of fused-ring (bicyclic) bond motifs is 1. The number of carbonyl (C=O) groups is 1. The molecule has 0 fully saturated rings. The second-order valence-electron chi connectivity index (χ2n) is 10.1. The van der Waals surface area contributed by atoms with E-state index in [0.717, 1.165) is 11.3 Å². The zero-order valence-corrected chi connectivity index (χ0v) is 23.0. The summed E-state index contributed by atoms with van der Waals surface area (Å²) >= 11 is 7.46. The van der Waals surface area contributed by atoms with Crippen LogP contribution in [0.4, 0.5) is 10.2 Å². The van der Waals surface area contributed by atoms with Gasteiger partial charge in [0, 0.05) is 34.0 Å². The molecular formula is C28H27ClFN3O4S. The number of anilines is 1. The zero-order chi connectivity index (χ0) is 27.2. The Bertz CT molecular complexity index is 1530. The molecule has 0 saturated carbocycles. The van der Waals surface area contributed by atoms with Crippen molar-refractivity contribution in [1.82, 2.24) is 9.97 Å². The fourth-order valence-corrected chi connectivity index (χ4v) is 6.37. The summed E-state index contributed by atoms with van der Waals surface area (Å²) in [6.07, 6.45) is 0.988. The number of nitrogens with zero attached hydrogens (tertiary/aromatic N) is 1. The van der Waals surface area contributed by atoms with Crippen LogP contribution in [0.1, 0.15) is 49.3 Å². The third-order valence-corrected chi connectivity index (χ3v) is 8.10. The summed E-state index contributed by atoms with van der Waals surface area (Å²) in [7, 11) is 3.08. The molecule has 7 nitrogen and oxygen atoms in total. The lowest BCUT2D eigenvalue weighted by Crippen LogP contribution is -2.37. The maximum absolute atomic E-state index is 13.6. The molecule has 3 aromatic rings. The average molecular weight is 556 g/mol. The highest BCUT2D eigenvalue weighted by Gasteiger charge is 2.43. The number of Topliss-reactive ketones (excluding diaryl/α,β-unsaturated/α-hetero) is 1. The number of nitrogens with one attached hydrogen (secondary N) is 2. The molecular weight excluding hydrogens is 529 g/mol. The number of hydrogen-bond donors (Lipinski definition) is 2. The number of para-hydroxylation sites is 1. The van der Waals surface area contributed by atoms with Crippen LogP contribution in [0.15, 0.2) is 57.6 Å². The van der Waals surface area contributed by atoms with Crippen molar-refractivity contribution in [1.29, 1.82) is 0 Å². The van der Waals surface area contributed by atoms with Gasteiger partial charge in [0.25, 0.3) is 5.56 Å². The molecule has 1 aromatic heterocycles. The quantitative estimate of drug-likeness (QED) is 0.281. The Morgan fingerprint density at radius 2 is 1.95 bits per heavy atom. The summed E-state index contributed by atoms with van der Waals surface area (Å²) in [4.78, 5) is 34.8. The monoisotopic (exact) mass is 555 g/mol. The van der Waals surface area contributed by atoms with Crippen molar-refractivity contribution in [2.24, 2.45) is 5.41 Å². The number of rotatable bonds is 6. The van der Waals surface area contributed by atoms with Crippen molar-refractivity contribution in [3.05, 3.63) is 85.6 Å². The van der Waals surface area contributed by atoms with Gasteiger partial charge >= 0.3 is 0 Å². The smallest absolute Gasteiger partial charge is 0.257 e. The molecule has 0 spiro atoms. The van der Waals surface area contributed by atoms with E-state index in [2.05, 4.69) is 10.3 Å². The number of halogens is 2. The van der Waals surface area contributed by atoms with Crippen LogP contribution < -0.4 is 20.3 Å². The van der Waals surface area contributed by atoms with Crippen LogP contribution in [0.5, 0.6) is 11.5 Å². The molecule has 38 heavy (non-hydrogen) atoms. The van der Waals surface area contributed by atoms with Gasteiger partial charge in [0.05, 0.1) is 25.7 Å². The van der Waals surface area contributed by atoms with Gasteiger partial charge in [0.2, 0.25) is 0 Å². The predicted molar refractivity (Wildman–Crippen MR) is 146 cm³/mol. The Balaban J connectivity index is 1.63. The van der Waals surface area contributed by atoms with E-state index in [0.29, 0.717) is 62.8 Å². The van der Waals surface area contributed by atoms with Gasteiger partial charge in [-0.2, -0.15) is 0 Å². The van der Waals surface area contributed by atoms with Crippen LogP contribution in [0.3, 0.4) is 0 Å². The van der Waals surface area contributed by atoms with Crippen molar-refractivity contribution in [2.75, 3.05) is 19.5 Å². The average Bonchev–Trinajstić information content (AvgIpc) is 2.85. The van der Waals surface area contributed by atoms with E-state index in [1.54, 1.807) is 19.2 Å². The highest BCUT2D eigenvalue weighted by atomic mass is 35.5. The van der Waals surface area contributed by atoms with Crippen molar-refractivity contribution < 1.29 is 18.7 Å². The minimum atomic E-state index is -0.684. The largest absolute Gasteiger partial charge is 0.493 e. The number of allylic oxidation sites excluding steroid dienone is 2. The molecule has 0 bridgehead atoms. The molecule has 1 aliphatic heterocycles. The SMILES string of the molecule is COc1cccc([C@@H]2C3=C(CC(C)(C)CC3=O)Nc3nc(SCc4ccc(F)cc4Cl)[nH]c(=O)c32)c1OC. The molecule has 10 heteroatoms. The van der Waals surface area contributed by atoms with Gasteiger partial charge in [-0.25, -0.2) is 9.37 Å². The normalized spacial score (nSPS) is 17.9. The van der Waals surface area contributed by atoms with Gasteiger partial charge in [0.1, 0.15) is 11.6 Å². The summed E-state index contributed by atoms with van der Waals surface area (Å²) in [6, 6.07) is 9.63. The van der Waals surface area contributed by atoms with E-state index in [-0.39, 0.29) is 16.8 Å². The van der Waals surface area contributed by atoms with Gasteiger partial charge in [-0.15, -0.1) is 0 Å². The van der Waals surface area contributed by atoms with Gasteiger partial charge in [0.15, 0.2) is 22.4 Å². The van der Waals surface area contributed by atoms with Crippen LogP contribution in [-0.2, 0) is 10.5 Å². The molecule has 0 radical (unpaired) electrons. The van der Waals surface area contributed by atoms with E-state index < -0.39 is 11.7 Å². The van der Waals surface area contributed by atoms with Gasteiger partial charge in [-0.05, 0) is 35.6 Å². The minimum Gasteiger partial charge on any atom is -0.493 e. The van der Waals surface area contributed by atoms with Crippen LogP contribution in [-0.4, -0.2) is 30.0 Å². The number of thioether (sulfide) groups is 1. The molecule has 1 atom stereocenters. The lowest BCUT2D eigenvalue weighted by atomic mass is 9.69. The summed E-state index contributed by atoms with van der Waals surface area (Å²) in [6.45, 7) is 4.10. The van der Waals surface area contributed by atoms with Crippen LogP contribution >= 0.6 is 23.4 Å². The summed E-state index contributed by atoms with van der Waals surface area (Å²) < 4.78 is 24.7.